The van der Waals surface area contributed by atoms with Gasteiger partial charge in [-0.1, -0.05) is 48.5 Å². The molecule has 0 radical (unpaired) electrons. The molecule has 2 aromatic carbocycles. The molecular weight excluding hydrogens is 382 g/mol. The Labute approximate surface area is 175 Å². The first-order valence-corrected chi connectivity index (χ1v) is 10.6. The maximum absolute atomic E-state index is 13.1. The van der Waals surface area contributed by atoms with Crippen molar-refractivity contribution in [3.8, 4) is 11.1 Å². The van der Waals surface area contributed by atoms with Gasteiger partial charge in [0, 0.05) is 18.4 Å². The van der Waals surface area contributed by atoms with E-state index in [1.165, 1.54) is 22.3 Å². The van der Waals surface area contributed by atoms with E-state index in [1.54, 1.807) is 4.90 Å². The van der Waals surface area contributed by atoms with Crippen LogP contribution in [0.5, 0.6) is 0 Å². The molecule has 5 rings (SSSR count). The molecule has 156 valence electrons. The third-order valence-corrected chi connectivity index (χ3v) is 6.75. The van der Waals surface area contributed by atoms with E-state index in [0.29, 0.717) is 6.42 Å². The Morgan fingerprint density at radius 3 is 2.33 bits per heavy atom. The van der Waals surface area contributed by atoms with Crippen molar-refractivity contribution in [2.75, 3.05) is 6.61 Å². The third-order valence-electron chi connectivity index (χ3n) is 6.75. The number of aliphatic carboxylic acids is 1. The zero-order chi connectivity index (χ0) is 20.8. The monoisotopic (exact) mass is 407 g/mol. The van der Waals surface area contributed by atoms with E-state index in [1.807, 2.05) is 31.2 Å². The van der Waals surface area contributed by atoms with Crippen molar-refractivity contribution in [3.63, 3.8) is 0 Å². The Balaban J connectivity index is 1.34. The molecule has 1 amide bonds. The Morgan fingerprint density at radius 2 is 1.70 bits per heavy atom. The molecule has 4 atom stereocenters. The van der Waals surface area contributed by atoms with Gasteiger partial charge in [0.05, 0.1) is 12.1 Å². The van der Waals surface area contributed by atoms with Crippen LogP contribution >= 0.6 is 0 Å². The molecule has 2 heterocycles. The number of benzene rings is 2. The number of piperidine rings is 1. The molecule has 1 N–H and O–H groups in total. The number of fused-ring (bicyclic) bond motifs is 4. The smallest absolute Gasteiger partial charge is 0.410 e. The number of carboxylic acid groups (broad SMARTS) is 1. The molecule has 1 aliphatic carbocycles. The van der Waals surface area contributed by atoms with Crippen LogP contribution in [0, 0.1) is 0 Å². The van der Waals surface area contributed by atoms with E-state index in [-0.39, 0.29) is 36.8 Å². The van der Waals surface area contributed by atoms with Crippen LogP contribution in [-0.2, 0) is 14.3 Å². The van der Waals surface area contributed by atoms with Crippen molar-refractivity contribution in [1.82, 2.24) is 4.90 Å². The summed E-state index contributed by atoms with van der Waals surface area (Å²) in [7, 11) is 0. The van der Waals surface area contributed by atoms with Gasteiger partial charge in [-0.15, -0.1) is 0 Å². The van der Waals surface area contributed by atoms with Gasteiger partial charge in [-0.25, -0.2) is 9.59 Å². The van der Waals surface area contributed by atoms with Gasteiger partial charge in [0.15, 0.2) is 6.10 Å². The summed E-state index contributed by atoms with van der Waals surface area (Å²) >= 11 is 0. The molecule has 2 aromatic rings. The van der Waals surface area contributed by atoms with Crippen molar-refractivity contribution >= 4 is 12.1 Å². The number of rotatable bonds is 3. The Kier molecular flexibility index (Phi) is 4.74. The number of hydrogen-bond acceptors (Lipinski definition) is 4. The lowest BCUT2D eigenvalue weighted by molar-refractivity contribution is -0.149. The van der Waals surface area contributed by atoms with Crippen molar-refractivity contribution in [2.45, 2.75) is 56.4 Å². The van der Waals surface area contributed by atoms with Gasteiger partial charge in [-0.3, -0.25) is 4.90 Å². The average molecular weight is 407 g/mol. The zero-order valence-electron chi connectivity index (χ0n) is 16.9. The topological polar surface area (TPSA) is 76.1 Å². The highest BCUT2D eigenvalue weighted by Gasteiger charge is 2.48. The summed E-state index contributed by atoms with van der Waals surface area (Å²) in [5.41, 5.74) is 4.72. The fourth-order valence-electron chi connectivity index (χ4n) is 5.30. The third kappa shape index (κ3) is 3.06. The molecule has 2 saturated heterocycles. The number of likely N-dealkylation sites (tertiary alicyclic amines) is 1. The second-order valence-corrected chi connectivity index (χ2v) is 8.44. The Morgan fingerprint density at radius 1 is 1.07 bits per heavy atom. The van der Waals surface area contributed by atoms with Gasteiger partial charge in [-0.05, 0) is 42.0 Å². The van der Waals surface area contributed by atoms with Crippen LogP contribution in [0.4, 0.5) is 4.79 Å². The van der Waals surface area contributed by atoms with E-state index < -0.39 is 12.1 Å². The summed E-state index contributed by atoms with van der Waals surface area (Å²) < 4.78 is 11.5. The highest BCUT2D eigenvalue weighted by atomic mass is 16.6. The summed E-state index contributed by atoms with van der Waals surface area (Å²) in [5.74, 6) is -0.964. The molecule has 4 unspecified atom stereocenters. The zero-order valence-corrected chi connectivity index (χ0v) is 16.9. The van der Waals surface area contributed by atoms with Crippen LogP contribution < -0.4 is 0 Å². The van der Waals surface area contributed by atoms with Crippen LogP contribution in [0.25, 0.3) is 11.1 Å². The molecule has 6 heteroatoms. The first kappa shape index (κ1) is 19.1. The lowest BCUT2D eigenvalue weighted by atomic mass is 9.93. The molecule has 6 nitrogen and oxygen atoms in total. The lowest BCUT2D eigenvalue weighted by Crippen LogP contribution is -2.53. The molecule has 2 aliphatic heterocycles. The molecule has 2 fully saturated rings. The lowest BCUT2D eigenvalue weighted by Gasteiger charge is -2.40. The van der Waals surface area contributed by atoms with Crippen LogP contribution in [0.1, 0.15) is 43.2 Å². The van der Waals surface area contributed by atoms with Gasteiger partial charge in [0.25, 0.3) is 0 Å². The number of amides is 1. The summed E-state index contributed by atoms with van der Waals surface area (Å²) in [6.45, 7) is 2.25. The second-order valence-electron chi connectivity index (χ2n) is 8.44. The van der Waals surface area contributed by atoms with Crippen LogP contribution in [0.3, 0.4) is 0 Å². The van der Waals surface area contributed by atoms with Gasteiger partial charge in [0.2, 0.25) is 0 Å². The maximum Gasteiger partial charge on any atom is 0.410 e. The van der Waals surface area contributed by atoms with Crippen LogP contribution in [-0.4, -0.2) is 53.0 Å². The summed E-state index contributed by atoms with van der Waals surface area (Å²) in [5, 5.41) is 9.32. The van der Waals surface area contributed by atoms with E-state index in [4.69, 9.17) is 9.47 Å². The Bertz CT molecular complexity index is 944. The van der Waals surface area contributed by atoms with E-state index in [9.17, 15) is 14.7 Å². The van der Waals surface area contributed by atoms with Gasteiger partial charge < -0.3 is 14.6 Å². The largest absolute Gasteiger partial charge is 0.479 e. The SMILES string of the molecule is CC1CCC2OC(C(=O)O)CC2N1C(=O)OCC1c2ccccc2-c2ccccc21. The number of nitrogens with zero attached hydrogens (tertiary/aromatic N) is 1. The first-order valence-electron chi connectivity index (χ1n) is 10.6. The molecular formula is C24H25NO5. The summed E-state index contributed by atoms with van der Waals surface area (Å²) in [4.78, 5) is 26.2. The van der Waals surface area contributed by atoms with Gasteiger partial charge >= 0.3 is 12.1 Å². The first-order chi connectivity index (χ1) is 14.5. The molecule has 3 aliphatic rings. The fourth-order valence-corrected chi connectivity index (χ4v) is 5.30. The molecule has 0 spiro atoms. The minimum atomic E-state index is -0.968. The fraction of sp³-hybridized carbons (Fsp3) is 0.417. The van der Waals surface area contributed by atoms with E-state index in [0.717, 1.165) is 12.8 Å². The highest BCUT2D eigenvalue weighted by molar-refractivity contribution is 5.79. The predicted octanol–water partition coefficient (Wildman–Crippen LogP) is 4.03. The van der Waals surface area contributed by atoms with Crippen molar-refractivity contribution in [2.24, 2.45) is 0 Å². The Hall–Kier alpha value is -2.86. The quantitative estimate of drug-likeness (QED) is 0.831. The number of carbonyl (C=O) groups excluding carboxylic acids is 1. The highest BCUT2D eigenvalue weighted by Crippen LogP contribution is 2.44. The molecule has 0 saturated carbocycles. The number of ether oxygens (including phenoxy) is 2. The average Bonchev–Trinajstić information content (AvgIpc) is 3.32. The molecule has 0 bridgehead atoms. The number of carboxylic acids is 1. The van der Waals surface area contributed by atoms with Crippen molar-refractivity contribution in [1.29, 1.82) is 0 Å². The molecule has 0 aromatic heterocycles. The minimum absolute atomic E-state index is 0.00181. The van der Waals surface area contributed by atoms with E-state index >= 15 is 0 Å². The van der Waals surface area contributed by atoms with Crippen LogP contribution in [0.15, 0.2) is 48.5 Å². The summed E-state index contributed by atoms with van der Waals surface area (Å²) in [6, 6.07) is 16.2. The van der Waals surface area contributed by atoms with Crippen LogP contribution in [0.2, 0.25) is 0 Å². The van der Waals surface area contributed by atoms with E-state index in [2.05, 4.69) is 24.3 Å². The number of carbonyl (C=O) groups is 2. The maximum atomic E-state index is 13.1. The normalized spacial score (nSPS) is 27.3. The van der Waals surface area contributed by atoms with Crippen molar-refractivity contribution < 1.29 is 24.2 Å². The standard InChI is InChI=1S/C24H25NO5/c1-14-10-11-21-20(12-22(30-21)23(26)27)25(14)24(28)29-13-19-17-8-4-2-6-15(17)16-7-3-5-9-18(16)19/h2-9,14,19-22H,10-13H2,1H3,(H,26,27). The van der Waals surface area contributed by atoms with Crippen molar-refractivity contribution in [3.05, 3.63) is 59.7 Å². The summed E-state index contributed by atoms with van der Waals surface area (Å²) in [6.07, 6.45) is 0.389. The van der Waals surface area contributed by atoms with Gasteiger partial charge in [0.1, 0.15) is 6.61 Å². The number of hydrogen-bond donors (Lipinski definition) is 1. The van der Waals surface area contributed by atoms with Gasteiger partial charge in [-0.2, -0.15) is 0 Å². The minimum Gasteiger partial charge on any atom is -0.479 e. The predicted molar refractivity (Wildman–Crippen MR) is 110 cm³/mol. The molecule has 30 heavy (non-hydrogen) atoms. The second kappa shape index (κ2) is 7.43.